The number of hydrogen-bond donors (Lipinski definition) is 1. The van der Waals surface area contributed by atoms with Crippen molar-refractivity contribution in [1.82, 2.24) is 10.2 Å². The first-order chi connectivity index (χ1) is 11.2. The molecule has 1 atom stereocenters. The van der Waals surface area contributed by atoms with Gasteiger partial charge in [0.15, 0.2) is 0 Å². The van der Waals surface area contributed by atoms with Gasteiger partial charge < -0.3 is 15.0 Å². The molecule has 2 amide bonds. The summed E-state index contributed by atoms with van der Waals surface area (Å²) in [7, 11) is 0. The number of carbonyl (C=O) groups excluding carboxylic acids is 2. The number of benzene rings is 1. The predicted molar refractivity (Wildman–Crippen MR) is 89.1 cm³/mol. The van der Waals surface area contributed by atoms with Crippen molar-refractivity contribution in [3.8, 4) is 0 Å². The van der Waals surface area contributed by atoms with E-state index in [0.29, 0.717) is 32.4 Å². The van der Waals surface area contributed by atoms with Gasteiger partial charge in [0.25, 0.3) is 0 Å². The number of likely N-dealkylation sites (tertiary alicyclic amines) is 1. The molecule has 1 fully saturated rings. The smallest absolute Gasteiger partial charge is 0.407 e. The van der Waals surface area contributed by atoms with Crippen LogP contribution in [0.1, 0.15) is 39.2 Å². The molecule has 132 valence electrons. The predicted octanol–water partition coefficient (Wildman–Crippen LogP) is 2.88. The molecule has 1 saturated heterocycles. The monoisotopic (exact) mass is 336 g/mol. The Kier molecular flexibility index (Phi) is 5.80. The standard InChI is InChI=1S/C18H25FN2O3/c1-18(2,3)24-17(23)20-15-9-10-21(12-15)16(22)8-7-13-5-4-6-14(19)11-13/h4-6,11,15H,7-10,12H2,1-3H3,(H,20,23)/t15-/m1/s1. The quantitative estimate of drug-likeness (QED) is 0.920. The minimum absolute atomic E-state index is 0.0211. The van der Waals surface area contributed by atoms with Crippen LogP contribution in [0, 0.1) is 5.82 Å². The zero-order chi connectivity index (χ0) is 17.7. The fraction of sp³-hybridized carbons (Fsp3) is 0.556. The van der Waals surface area contributed by atoms with E-state index < -0.39 is 11.7 Å². The minimum atomic E-state index is -0.539. The lowest BCUT2D eigenvalue weighted by atomic mass is 10.1. The lowest BCUT2D eigenvalue weighted by Gasteiger charge is -2.22. The Bertz CT molecular complexity index is 598. The third kappa shape index (κ3) is 5.83. The van der Waals surface area contributed by atoms with E-state index in [9.17, 15) is 14.0 Å². The molecule has 24 heavy (non-hydrogen) atoms. The van der Waals surface area contributed by atoms with Gasteiger partial charge in [0.1, 0.15) is 11.4 Å². The number of alkyl carbamates (subject to hydrolysis) is 1. The zero-order valence-corrected chi connectivity index (χ0v) is 14.5. The topological polar surface area (TPSA) is 58.6 Å². The first-order valence-corrected chi connectivity index (χ1v) is 8.25. The lowest BCUT2D eigenvalue weighted by molar-refractivity contribution is -0.130. The van der Waals surface area contributed by atoms with Crippen LogP contribution in [0.5, 0.6) is 0 Å². The second kappa shape index (κ2) is 7.64. The second-order valence-corrected chi connectivity index (χ2v) is 7.10. The molecule has 1 aromatic rings. The van der Waals surface area contributed by atoms with Crippen LogP contribution < -0.4 is 5.32 Å². The van der Waals surface area contributed by atoms with Crippen LogP contribution in [0.3, 0.4) is 0 Å². The van der Waals surface area contributed by atoms with Crippen molar-refractivity contribution < 1.29 is 18.7 Å². The molecule has 1 aromatic carbocycles. The second-order valence-electron chi connectivity index (χ2n) is 7.10. The van der Waals surface area contributed by atoms with Crippen molar-refractivity contribution in [3.05, 3.63) is 35.6 Å². The third-order valence-electron chi connectivity index (χ3n) is 3.78. The van der Waals surface area contributed by atoms with E-state index in [1.807, 2.05) is 26.8 Å². The van der Waals surface area contributed by atoms with E-state index in [1.165, 1.54) is 12.1 Å². The summed E-state index contributed by atoms with van der Waals surface area (Å²) >= 11 is 0. The Labute approximate surface area is 142 Å². The highest BCUT2D eigenvalue weighted by molar-refractivity contribution is 5.77. The molecule has 1 aliphatic heterocycles. The summed E-state index contributed by atoms with van der Waals surface area (Å²) in [6.45, 7) is 6.53. The summed E-state index contributed by atoms with van der Waals surface area (Å²) in [5, 5.41) is 2.80. The van der Waals surface area contributed by atoms with Gasteiger partial charge >= 0.3 is 6.09 Å². The zero-order valence-electron chi connectivity index (χ0n) is 14.5. The van der Waals surface area contributed by atoms with Gasteiger partial charge in [-0.2, -0.15) is 0 Å². The maximum absolute atomic E-state index is 13.1. The van der Waals surface area contributed by atoms with E-state index in [2.05, 4.69) is 5.32 Å². The van der Waals surface area contributed by atoms with Crippen LogP contribution in [0.15, 0.2) is 24.3 Å². The molecule has 5 nitrogen and oxygen atoms in total. The fourth-order valence-electron chi connectivity index (χ4n) is 2.68. The van der Waals surface area contributed by atoms with Crippen molar-refractivity contribution in [1.29, 1.82) is 0 Å². The summed E-state index contributed by atoms with van der Waals surface area (Å²) in [6.07, 6.45) is 1.10. The van der Waals surface area contributed by atoms with Gasteiger partial charge in [0.2, 0.25) is 5.91 Å². The molecule has 6 heteroatoms. The van der Waals surface area contributed by atoms with Crippen molar-refractivity contribution in [3.63, 3.8) is 0 Å². The number of rotatable bonds is 4. The molecule has 0 bridgehead atoms. The average molecular weight is 336 g/mol. The molecular formula is C18H25FN2O3. The van der Waals surface area contributed by atoms with Crippen LogP contribution in [-0.4, -0.2) is 41.6 Å². The van der Waals surface area contributed by atoms with Crippen LogP contribution in [0.2, 0.25) is 0 Å². The average Bonchev–Trinajstić information content (AvgIpc) is 2.91. The number of nitrogens with zero attached hydrogens (tertiary/aromatic N) is 1. The Hall–Kier alpha value is -2.11. The molecule has 0 aliphatic carbocycles. The summed E-state index contributed by atoms with van der Waals surface area (Å²) in [4.78, 5) is 25.8. The maximum Gasteiger partial charge on any atom is 0.407 e. The molecule has 1 N–H and O–H groups in total. The molecule has 0 saturated carbocycles. The van der Waals surface area contributed by atoms with Gasteiger partial charge in [-0.3, -0.25) is 4.79 Å². The largest absolute Gasteiger partial charge is 0.444 e. The van der Waals surface area contributed by atoms with Gasteiger partial charge in [-0.05, 0) is 51.3 Å². The molecule has 0 radical (unpaired) electrons. The van der Waals surface area contributed by atoms with Gasteiger partial charge in [-0.1, -0.05) is 12.1 Å². The molecule has 0 unspecified atom stereocenters. The maximum atomic E-state index is 13.1. The van der Waals surface area contributed by atoms with E-state index >= 15 is 0 Å². The van der Waals surface area contributed by atoms with Crippen molar-refractivity contribution >= 4 is 12.0 Å². The first-order valence-electron chi connectivity index (χ1n) is 8.25. The molecule has 1 heterocycles. The van der Waals surface area contributed by atoms with Gasteiger partial charge in [0, 0.05) is 19.5 Å². The molecular weight excluding hydrogens is 311 g/mol. The van der Waals surface area contributed by atoms with Gasteiger partial charge in [-0.25, -0.2) is 9.18 Å². The molecule has 1 aliphatic rings. The van der Waals surface area contributed by atoms with Crippen LogP contribution in [0.25, 0.3) is 0 Å². The van der Waals surface area contributed by atoms with E-state index in [0.717, 1.165) is 5.56 Å². The number of ether oxygens (including phenoxy) is 1. The lowest BCUT2D eigenvalue weighted by Crippen LogP contribution is -2.41. The molecule has 0 spiro atoms. The fourth-order valence-corrected chi connectivity index (χ4v) is 2.68. The number of aryl methyl sites for hydroxylation is 1. The summed E-state index contributed by atoms with van der Waals surface area (Å²) < 4.78 is 18.4. The van der Waals surface area contributed by atoms with Gasteiger partial charge in [0.05, 0.1) is 6.04 Å². The van der Waals surface area contributed by atoms with Crippen molar-refractivity contribution in [2.75, 3.05) is 13.1 Å². The molecule has 2 rings (SSSR count). The SMILES string of the molecule is CC(C)(C)OC(=O)N[C@@H]1CCN(C(=O)CCc2cccc(F)c2)C1. The van der Waals surface area contributed by atoms with E-state index in [1.54, 1.807) is 11.0 Å². The summed E-state index contributed by atoms with van der Waals surface area (Å²) in [5.41, 5.74) is 0.273. The number of amides is 2. The highest BCUT2D eigenvalue weighted by Gasteiger charge is 2.28. The van der Waals surface area contributed by atoms with Crippen molar-refractivity contribution in [2.24, 2.45) is 0 Å². The summed E-state index contributed by atoms with van der Waals surface area (Å²) in [5.74, 6) is -0.268. The number of hydrogen-bond acceptors (Lipinski definition) is 3. The minimum Gasteiger partial charge on any atom is -0.444 e. The van der Waals surface area contributed by atoms with E-state index in [-0.39, 0.29) is 17.8 Å². The first kappa shape index (κ1) is 18.2. The van der Waals surface area contributed by atoms with Crippen molar-refractivity contribution in [2.45, 2.75) is 51.7 Å². The Morgan fingerprint density at radius 1 is 1.38 bits per heavy atom. The number of nitrogens with one attached hydrogen (secondary N) is 1. The van der Waals surface area contributed by atoms with Gasteiger partial charge in [-0.15, -0.1) is 0 Å². The highest BCUT2D eigenvalue weighted by Crippen LogP contribution is 2.14. The Morgan fingerprint density at radius 3 is 2.79 bits per heavy atom. The Morgan fingerprint density at radius 2 is 2.12 bits per heavy atom. The van der Waals surface area contributed by atoms with Crippen LogP contribution in [-0.2, 0) is 16.0 Å². The Balaban J connectivity index is 1.76. The third-order valence-corrected chi connectivity index (χ3v) is 3.78. The number of halogens is 1. The van der Waals surface area contributed by atoms with Crippen LogP contribution >= 0.6 is 0 Å². The molecule has 0 aromatic heterocycles. The van der Waals surface area contributed by atoms with Crippen LogP contribution in [0.4, 0.5) is 9.18 Å². The van der Waals surface area contributed by atoms with E-state index in [4.69, 9.17) is 4.74 Å². The summed E-state index contributed by atoms with van der Waals surface area (Å²) in [6, 6.07) is 6.21. The number of carbonyl (C=O) groups is 2. The highest BCUT2D eigenvalue weighted by atomic mass is 19.1. The normalized spacial score (nSPS) is 17.7.